The molecular formula is C15H12S2. The summed E-state index contributed by atoms with van der Waals surface area (Å²) in [7, 11) is 0. The first kappa shape index (κ1) is 12.1. The zero-order valence-corrected chi connectivity index (χ0v) is 11.1. The van der Waals surface area contributed by atoms with Crippen molar-refractivity contribution in [1.82, 2.24) is 0 Å². The molecule has 0 aliphatic rings. The van der Waals surface area contributed by atoms with E-state index in [0.29, 0.717) is 0 Å². The van der Waals surface area contributed by atoms with Crippen LogP contribution in [0.15, 0.2) is 54.6 Å². The lowest BCUT2D eigenvalue weighted by atomic mass is 10.0. The summed E-state index contributed by atoms with van der Waals surface area (Å²) < 4.78 is 0. The van der Waals surface area contributed by atoms with Crippen molar-refractivity contribution >= 4 is 34.2 Å². The van der Waals surface area contributed by atoms with Crippen LogP contribution in [0.4, 0.5) is 0 Å². The summed E-state index contributed by atoms with van der Waals surface area (Å²) in [4.78, 5) is 1.50. The number of benzene rings is 2. The molecule has 0 saturated carbocycles. The monoisotopic (exact) mass is 256 g/mol. The molecular weight excluding hydrogens is 244 g/mol. The van der Waals surface area contributed by atoms with Gasteiger partial charge in [-0.25, -0.2) is 0 Å². The SMILES string of the molecule is Cc1ccccc1C(=S)C(=S)c1ccccc1. The van der Waals surface area contributed by atoms with Gasteiger partial charge in [0.15, 0.2) is 0 Å². The fourth-order valence-corrected chi connectivity index (χ4v) is 2.26. The van der Waals surface area contributed by atoms with Gasteiger partial charge in [-0.3, -0.25) is 0 Å². The quantitative estimate of drug-likeness (QED) is 0.598. The second-order valence-electron chi connectivity index (χ2n) is 3.84. The van der Waals surface area contributed by atoms with Crippen molar-refractivity contribution in [3.05, 3.63) is 71.3 Å². The molecule has 0 aromatic heterocycles. The van der Waals surface area contributed by atoms with Crippen LogP contribution in [-0.4, -0.2) is 9.73 Å². The van der Waals surface area contributed by atoms with Crippen LogP contribution < -0.4 is 0 Å². The predicted molar refractivity (Wildman–Crippen MR) is 81.0 cm³/mol. The number of hydrogen-bond donors (Lipinski definition) is 0. The second-order valence-corrected chi connectivity index (χ2v) is 4.66. The summed E-state index contributed by atoms with van der Waals surface area (Å²) in [6, 6.07) is 18.0. The van der Waals surface area contributed by atoms with Gasteiger partial charge in [0.1, 0.15) is 0 Å². The molecule has 17 heavy (non-hydrogen) atoms. The Kier molecular flexibility index (Phi) is 3.77. The minimum Gasteiger partial charge on any atom is -0.0778 e. The van der Waals surface area contributed by atoms with Crippen LogP contribution in [0, 0.1) is 6.92 Å². The molecule has 0 saturated heterocycles. The summed E-state index contributed by atoms with van der Waals surface area (Å²) in [6.45, 7) is 2.05. The Morgan fingerprint density at radius 1 is 0.765 bits per heavy atom. The third-order valence-electron chi connectivity index (χ3n) is 2.63. The molecule has 2 aromatic rings. The van der Waals surface area contributed by atoms with E-state index in [9.17, 15) is 0 Å². The smallest absolute Gasteiger partial charge is 0.0638 e. The molecule has 0 fully saturated rings. The van der Waals surface area contributed by atoms with Gasteiger partial charge in [-0.2, -0.15) is 0 Å². The van der Waals surface area contributed by atoms with E-state index in [1.54, 1.807) is 0 Å². The number of rotatable bonds is 3. The molecule has 0 radical (unpaired) electrons. The van der Waals surface area contributed by atoms with Gasteiger partial charge in [0.05, 0.1) is 9.73 Å². The Morgan fingerprint density at radius 2 is 1.35 bits per heavy atom. The van der Waals surface area contributed by atoms with E-state index < -0.39 is 0 Å². The highest BCUT2D eigenvalue weighted by Gasteiger charge is 2.11. The lowest BCUT2D eigenvalue weighted by molar-refractivity contribution is 1.45. The Morgan fingerprint density at radius 3 is 2.00 bits per heavy atom. The van der Waals surface area contributed by atoms with Gasteiger partial charge in [-0.05, 0) is 23.6 Å². The lowest BCUT2D eigenvalue weighted by Gasteiger charge is -2.08. The normalized spacial score (nSPS) is 9.94. The highest BCUT2D eigenvalue weighted by molar-refractivity contribution is 7.90. The zero-order valence-electron chi connectivity index (χ0n) is 9.51. The molecule has 0 amide bonds. The molecule has 0 spiro atoms. The van der Waals surface area contributed by atoms with Crippen molar-refractivity contribution in [2.45, 2.75) is 6.92 Å². The van der Waals surface area contributed by atoms with Gasteiger partial charge < -0.3 is 0 Å². The topological polar surface area (TPSA) is 0 Å². The maximum absolute atomic E-state index is 5.47. The number of thiocarbonyl (C=S) groups is 2. The maximum atomic E-state index is 5.47. The van der Waals surface area contributed by atoms with Crippen LogP contribution in [0.2, 0.25) is 0 Å². The van der Waals surface area contributed by atoms with Gasteiger partial charge in [0.25, 0.3) is 0 Å². The van der Waals surface area contributed by atoms with E-state index in [-0.39, 0.29) is 0 Å². The van der Waals surface area contributed by atoms with Crippen molar-refractivity contribution in [2.24, 2.45) is 0 Å². The molecule has 0 N–H and O–H groups in total. The van der Waals surface area contributed by atoms with E-state index in [4.69, 9.17) is 24.4 Å². The van der Waals surface area contributed by atoms with Crippen LogP contribution >= 0.6 is 24.4 Å². The minimum absolute atomic E-state index is 0.745. The molecule has 0 aliphatic heterocycles. The van der Waals surface area contributed by atoms with Crippen LogP contribution in [0.1, 0.15) is 16.7 Å². The number of aryl methyl sites for hydroxylation is 1. The predicted octanol–water partition coefficient (Wildman–Crippen LogP) is 4.13. The van der Waals surface area contributed by atoms with Crippen LogP contribution in [0.25, 0.3) is 0 Å². The standard InChI is InChI=1S/C15H12S2/c1-11-7-5-6-10-13(11)15(17)14(16)12-8-3-2-4-9-12/h2-10H,1H3. The highest BCUT2D eigenvalue weighted by atomic mass is 32.1. The third kappa shape index (κ3) is 2.65. The van der Waals surface area contributed by atoms with Crippen molar-refractivity contribution in [3.63, 3.8) is 0 Å². The largest absolute Gasteiger partial charge is 0.0778 e. The first-order chi connectivity index (χ1) is 8.20. The molecule has 0 aliphatic carbocycles. The Hall–Kier alpha value is -1.38. The van der Waals surface area contributed by atoms with Crippen molar-refractivity contribution in [1.29, 1.82) is 0 Å². The number of hydrogen-bond acceptors (Lipinski definition) is 2. The molecule has 0 atom stereocenters. The van der Waals surface area contributed by atoms with Gasteiger partial charge in [-0.15, -0.1) is 0 Å². The van der Waals surface area contributed by atoms with Gasteiger partial charge >= 0.3 is 0 Å². The summed E-state index contributed by atoms with van der Waals surface area (Å²) in [5.74, 6) is 0. The molecule has 0 nitrogen and oxygen atoms in total. The first-order valence-electron chi connectivity index (χ1n) is 5.40. The second kappa shape index (κ2) is 5.30. The van der Waals surface area contributed by atoms with Crippen molar-refractivity contribution in [2.75, 3.05) is 0 Å². The van der Waals surface area contributed by atoms with Gasteiger partial charge in [0.2, 0.25) is 0 Å². The molecule has 2 rings (SSSR count). The van der Waals surface area contributed by atoms with E-state index in [1.807, 2.05) is 48.5 Å². The molecule has 0 heterocycles. The van der Waals surface area contributed by atoms with Crippen molar-refractivity contribution in [3.8, 4) is 0 Å². The average Bonchev–Trinajstić information content (AvgIpc) is 2.39. The summed E-state index contributed by atoms with van der Waals surface area (Å²) >= 11 is 10.9. The Balaban J connectivity index is 2.34. The van der Waals surface area contributed by atoms with E-state index >= 15 is 0 Å². The molecule has 0 unspecified atom stereocenters. The van der Waals surface area contributed by atoms with Crippen molar-refractivity contribution < 1.29 is 0 Å². The Labute approximate surface area is 112 Å². The maximum Gasteiger partial charge on any atom is 0.0638 e. The summed E-state index contributed by atoms with van der Waals surface area (Å²) in [5, 5.41) is 0. The fraction of sp³-hybridized carbons (Fsp3) is 0.0667. The van der Waals surface area contributed by atoms with Gasteiger partial charge in [-0.1, -0.05) is 79.0 Å². The van der Waals surface area contributed by atoms with E-state index in [1.165, 1.54) is 0 Å². The fourth-order valence-electron chi connectivity index (χ4n) is 1.67. The molecule has 0 bridgehead atoms. The van der Waals surface area contributed by atoms with Gasteiger partial charge in [0, 0.05) is 0 Å². The highest BCUT2D eigenvalue weighted by Crippen LogP contribution is 2.13. The lowest BCUT2D eigenvalue weighted by Crippen LogP contribution is -2.13. The first-order valence-corrected chi connectivity index (χ1v) is 6.21. The van der Waals surface area contributed by atoms with Crippen LogP contribution in [0.3, 0.4) is 0 Å². The zero-order chi connectivity index (χ0) is 12.3. The Bertz CT molecular complexity index is 556. The van der Waals surface area contributed by atoms with Crippen LogP contribution in [-0.2, 0) is 0 Å². The summed E-state index contributed by atoms with van der Waals surface area (Å²) in [5.41, 5.74) is 3.22. The molecule has 2 aromatic carbocycles. The van der Waals surface area contributed by atoms with Crippen LogP contribution in [0.5, 0.6) is 0 Å². The van der Waals surface area contributed by atoms with E-state index in [2.05, 4.69) is 13.0 Å². The summed E-state index contributed by atoms with van der Waals surface area (Å²) in [6.07, 6.45) is 0. The average molecular weight is 256 g/mol. The molecule has 2 heteroatoms. The minimum atomic E-state index is 0.745. The molecule has 84 valence electrons. The third-order valence-corrected chi connectivity index (χ3v) is 3.62. The van der Waals surface area contributed by atoms with E-state index in [0.717, 1.165) is 26.4 Å².